The maximum atomic E-state index is 12.8. The number of nitrogens with zero attached hydrogens (tertiary/aromatic N) is 1. The van der Waals surface area contributed by atoms with E-state index in [1.807, 2.05) is 44.2 Å². The van der Waals surface area contributed by atoms with Crippen molar-refractivity contribution in [3.8, 4) is 0 Å². The fourth-order valence-electron chi connectivity index (χ4n) is 2.48. The van der Waals surface area contributed by atoms with E-state index in [1.165, 1.54) is 6.08 Å². The number of barbiturate groups is 1. The Hall–Kier alpha value is -2.48. The van der Waals surface area contributed by atoms with E-state index in [1.54, 1.807) is 12.1 Å². The third-order valence-corrected chi connectivity index (χ3v) is 4.75. The highest BCUT2D eigenvalue weighted by Crippen LogP contribution is 2.24. The second-order valence-electron chi connectivity index (χ2n) is 5.78. The Kier molecular flexibility index (Phi) is 4.71. The van der Waals surface area contributed by atoms with Crippen LogP contribution in [0, 0.1) is 17.4 Å². The maximum absolute atomic E-state index is 12.8. The van der Waals surface area contributed by atoms with Crippen LogP contribution in [0.3, 0.4) is 0 Å². The lowest BCUT2D eigenvalue weighted by atomic mass is 10.1. The second kappa shape index (κ2) is 6.79. The Bertz CT molecular complexity index is 917. The molecular formula is C19H15IN2O3. The van der Waals surface area contributed by atoms with Crippen molar-refractivity contribution < 1.29 is 14.4 Å². The zero-order valence-corrected chi connectivity index (χ0v) is 15.8. The average Bonchev–Trinajstić information content (AvgIpc) is 2.56. The number of aryl methyl sites for hydroxylation is 2. The van der Waals surface area contributed by atoms with Crippen LogP contribution in [-0.4, -0.2) is 17.8 Å². The number of imide groups is 2. The highest BCUT2D eigenvalue weighted by atomic mass is 127. The Morgan fingerprint density at radius 3 is 2.28 bits per heavy atom. The van der Waals surface area contributed by atoms with Crippen LogP contribution < -0.4 is 10.2 Å². The third-order valence-electron chi connectivity index (χ3n) is 4.03. The van der Waals surface area contributed by atoms with Crippen LogP contribution in [0.15, 0.2) is 48.0 Å². The molecule has 1 aliphatic heterocycles. The van der Waals surface area contributed by atoms with Gasteiger partial charge >= 0.3 is 6.03 Å². The molecule has 4 amide bonds. The van der Waals surface area contributed by atoms with Gasteiger partial charge < -0.3 is 0 Å². The van der Waals surface area contributed by atoms with Gasteiger partial charge in [-0.25, -0.2) is 9.69 Å². The SMILES string of the molecule is Cc1ccc(N2C(=O)NC(=O)/C(=C\c3ccc(I)cc3)C2=O)cc1C. The molecular weight excluding hydrogens is 431 g/mol. The van der Waals surface area contributed by atoms with Crippen molar-refractivity contribution in [3.63, 3.8) is 0 Å². The molecule has 0 radical (unpaired) electrons. The van der Waals surface area contributed by atoms with Crippen molar-refractivity contribution in [3.05, 3.63) is 68.3 Å². The van der Waals surface area contributed by atoms with Gasteiger partial charge in [-0.15, -0.1) is 0 Å². The number of urea groups is 1. The minimum atomic E-state index is -0.738. The molecule has 2 aromatic rings. The zero-order chi connectivity index (χ0) is 18.1. The maximum Gasteiger partial charge on any atom is 0.335 e. The van der Waals surface area contributed by atoms with E-state index in [0.29, 0.717) is 11.3 Å². The molecule has 1 heterocycles. The quantitative estimate of drug-likeness (QED) is 0.436. The third kappa shape index (κ3) is 3.48. The summed E-state index contributed by atoms with van der Waals surface area (Å²) in [5, 5.41) is 2.23. The first-order chi connectivity index (χ1) is 11.9. The standard InChI is InChI=1S/C19H15IN2O3/c1-11-3-8-15(9-12(11)2)22-18(24)16(17(23)21-19(22)25)10-13-4-6-14(20)7-5-13/h3-10H,1-2H3,(H,21,23,25)/b16-10+. The van der Waals surface area contributed by atoms with E-state index in [9.17, 15) is 14.4 Å². The molecule has 2 aromatic carbocycles. The first-order valence-corrected chi connectivity index (χ1v) is 8.69. The average molecular weight is 446 g/mol. The molecule has 0 bridgehead atoms. The van der Waals surface area contributed by atoms with E-state index in [4.69, 9.17) is 0 Å². The summed E-state index contributed by atoms with van der Waals surface area (Å²) in [6, 6.07) is 11.9. The van der Waals surface area contributed by atoms with E-state index < -0.39 is 17.8 Å². The molecule has 0 spiro atoms. The summed E-state index contributed by atoms with van der Waals surface area (Å²) in [7, 11) is 0. The highest BCUT2D eigenvalue weighted by Gasteiger charge is 2.36. The minimum Gasteiger partial charge on any atom is -0.273 e. The molecule has 0 aliphatic carbocycles. The number of anilines is 1. The molecule has 1 N–H and O–H groups in total. The zero-order valence-electron chi connectivity index (χ0n) is 13.7. The summed E-state index contributed by atoms with van der Waals surface area (Å²) in [4.78, 5) is 38.1. The molecule has 126 valence electrons. The lowest BCUT2D eigenvalue weighted by Crippen LogP contribution is -2.54. The summed E-state index contributed by atoms with van der Waals surface area (Å²) in [6.45, 7) is 3.85. The topological polar surface area (TPSA) is 66.5 Å². The van der Waals surface area contributed by atoms with Crippen molar-refractivity contribution in [2.75, 3.05) is 4.90 Å². The number of carbonyl (C=O) groups is 3. The second-order valence-corrected chi connectivity index (χ2v) is 7.02. The molecule has 3 rings (SSSR count). The molecule has 1 aliphatic rings. The fourth-order valence-corrected chi connectivity index (χ4v) is 2.84. The summed E-state index contributed by atoms with van der Waals surface area (Å²) in [6.07, 6.45) is 1.49. The normalized spacial score (nSPS) is 16.4. The van der Waals surface area contributed by atoms with E-state index in [-0.39, 0.29) is 5.57 Å². The predicted molar refractivity (Wildman–Crippen MR) is 104 cm³/mol. The molecule has 0 unspecified atom stereocenters. The van der Waals surface area contributed by atoms with Crippen molar-refractivity contribution in [1.29, 1.82) is 0 Å². The molecule has 1 saturated heterocycles. The number of hydrogen-bond donors (Lipinski definition) is 1. The number of hydrogen-bond acceptors (Lipinski definition) is 3. The monoisotopic (exact) mass is 446 g/mol. The van der Waals surface area contributed by atoms with Crippen LogP contribution in [0.2, 0.25) is 0 Å². The van der Waals surface area contributed by atoms with E-state index in [2.05, 4.69) is 27.9 Å². The molecule has 0 aromatic heterocycles. The summed E-state index contributed by atoms with van der Waals surface area (Å²) < 4.78 is 1.05. The smallest absolute Gasteiger partial charge is 0.273 e. The molecule has 0 atom stereocenters. The summed E-state index contributed by atoms with van der Waals surface area (Å²) >= 11 is 2.17. The van der Waals surface area contributed by atoms with Gasteiger partial charge in [-0.1, -0.05) is 18.2 Å². The lowest BCUT2D eigenvalue weighted by Gasteiger charge is -2.26. The van der Waals surface area contributed by atoms with Crippen LogP contribution in [0.5, 0.6) is 0 Å². The van der Waals surface area contributed by atoms with Crippen molar-refractivity contribution in [2.24, 2.45) is 0 Å². The number of rotatable bonds is 2. The van der Waals surface area contributed by atoms with Crippen molar-refractivity contribution >= 4 is 52.2 Å². The van der Waals surface area contributed by atoms with Gasteiger partial charge in [0, 0.05) is 3.57 Å². The van der Waals surface area contributed by atoms with Gasteiger partial charge in [0.1, 0.15) is 5.57 Å². The number of amides is 4. The minimum absolute atomic E-state index is 0.0703. The van der Waals surface area contributed by atoms with E-state index >= 15 is 0 Å². The van der Waals surface area contributed by atoms with Crippen LogP contribution in [-0.2, 0) is 9.59 Å². The van der Waals surface area contributed by atoms with Gasteiger partial charge in [0.05, 0.1) is 5.69 Å². The lowest BCUT2D eigenvalue weighted by molar-refractivity contribution is -0.122. The van der Waals surface area contributed by atoms with Crippen LogP contribution in [0.1, 0.15) is 16.7 Å². The van der Waals surface area contributed by atoms with Gasteiger partial charge in [0.2, 0.25) is 0 Å². The first-order valence-electron chi connectivity index (χ1n) is 7.61. The van der Waals surface area contributed by atoms with Crippen LogP contribution in [0.4, 0.5) is 10.5 Å². The summed E-state index contributed by atoms with van der Waals surface area (Å²) in [5.74, 6) is -1.32. The van der Waals surface area contributed by atoms with Gasteiger partial charge in [0.15, 0.2) is 0 Å². The first kappa shape index (κ1) is 17.3. The number of halogens is 1. The van der Waals surface area contributed by atoms with Crippen LogP contribution in [0.25, 0.3) is 6.08 Å². The molecule has 5 nitrogen and oxygen atoms in total. The Morgan fingerprint density at radius 2 is 1.64 bits per heavy atom. The molecule has 25 heavy (non-hydrogen) atoms. The fraction of sp³-hybridized carbons (Fsp3) is 0.105. The molecule has 0 saturated carbocycles. The molecule has 1 fully saturated rings. The Labute approximate surface area is 158 Å². The van der Waals surface area contributed by atoms with Gasteiger partial charge in [-0.05, 0) is 83.5 Å². The van der Waals surface area contributed by atoms with E-state index in [0.717, 1.165) is 19.6 Å². The van der Waals surface area contributed by atoms with Gasteiger partial charge in [-0.2, -0.15) is 0 Å². The van der Waals surface area contributed by atoms with Gasteiger partial charge in [-0.3, -0.25) is 14.9 Å². The molecule has 6 heteroatoms. The largest absolute Gasteiger partial charge is 0.335 e. The van der Waals surface area contributed by atoms with Crippen molar-refractivity contribution in [2.45, 2.75) is 13.8 Å². The number of benzene rings is 2. The number of nitrogens with one attached hydrogen (secondary N) is 1. The predicted octanol–water partition coefficient (Wildman–Crippen LogP) is 3.57. The van der Waals surface area contributed by atoms with Crippen LogP contribution >= 0.6 is 22.6 Å². The highest BCUT2D eigenvalue weighted by molar-refractivity contribution is 14.1. The Balaban J connectivity index is 2.02. The number of carbonyl (C=O) groups excluding carboxylic acids is 3. The Morgan fingerprint density at radius 1 is 0.960 bits per heavy atom. The summed E-state index contributed by atoms with van der Waals surface area (Å²) in [5.41, 5.74) is 3.09. The van der Waals surface area contributed by atoms with Crippen molar-refractivity contribution in [1.82, 2.24) is 5.32 Å². The van der Waals surface area contributed by atoms with Gasteiger partial charge in [0.25, 0.3) is 11.8 Å².